The molecular formula is C22H22BrOSi. The zero-order chi connectivity index (χ0) is 17.9. The zero-order valence-electron chi connectivity index (χ0n) is 14.8. The molecule has 0 N–H and O–H groups in total. The second kappa shape index (κ2) is 7.59. The van der Waals surface area contributed by atoms with E-state index >= 15 is 0 Å². The van der Waals surface area contributed by atoms with Crippen molar-refractivity contribution in [1.29, 1.82) is 0 Å². The molecule has 0 heterocycles. The Balaban J connectivity index is 1.94. The lowest BCUT2D eigenvalue weighted by Crippen LogP contribution is -2.48. The molecule has 0 saturated carbocycles. The van der Waals surface area contributed by atoms with E-state index in [0.717, 1.165) is 16.0 Å². The van der Waals surface area contributed by atoms with Crippen LogP contribution in [0.25, 0.3) is 0 Å². The number of rotatable bonds is 4. The molecule has 0 atom stereocenters. The summed E-state index contributed by atoms with van der Waals surface area (Å²) in [5.74, 6) is 1.74. The van der Waals surface area contributed by atoms with Crippen LogP contribution in [0, 0.1) is 0 Å². The van der Waals surface area contributed by atoms with Crippen LogP contribution < -0.4 is 15.1 Å². The second-order valence-electron chi connectivity index (χ2n) is 7.07. The highest BCUT2D eigenvalue weighted by Gasteiger charge is 2.30. The molecule has 0 aromatic heterocycles. The number of hydrogen-bond acceptors (Lipinski definition) is 1. The summed E-state index contributed by atoms with van der Waals surface area (Å²) >= 11 is 3.46. The van der Waals surface area contributed by atoms with Gasteiger partial charge >= 0.3 is 0 Å². The molecule has 0 unspecified atom stereocenters. The first-order valence-corrected chi connectivity index (χ1v) is 10.7. The summed E-state index contributed by atoms with van der Waals surface area (Å²) in [4.78, 5) is 0. The van der Waals surface area contributed by atoms with Gasteiger partial charge in [-0.15, -0.1) is 0 Å². The summed E-state index contributed by atoms with van der Waals surface area (Å²) < 4.78 is 7.12. The fraction of sp³-hybridized carbons (Fsp3) is 0.182. The maximum atomic E-state index is 6.07. The Morgan fingerprint density at radius 2 is 1.36 bits per heavy atom. The van der Waals surface area contributed by atoms with Crippen molar-refractivity contribution < 1.29 is 4.74 Å². The summed E-state index contributed by atoms with van der Waals surface area (Å²) in [7, 11) is -0.923. The average Bonchev–Trinajstić information content (AvgIpc) is 2.57. The fourth-order valence-corrected chi connectivity index (χ4v) is 6.40. The molecule has 1 radical (unpaired) electrons. The van der Waals surface area contributed by atoms with Crippen molar-refractivity contribution in [2.75, 3.05) is 0 Å². The molecule has 0 aliphatic carbocycles. The van der Waals surface area contributed by atoms with Crippen LogP contribution in [0.4, 0.5) is 0 Å². The minimum atomic E-state index is -0.923. The molecule has 0 saturated heterocycles. The Kier molecular flexibility index (Phi) is 5.45. The molecule has 0 bridgehead atoms. The quantitative estimate of drug-likeness (QED) is 0.505. The number of hydrogen-bond donors (Lipinski definition) is 0. The molecule has 127 valence electrons. The van der Waals surface area contributed by atoms with Crippen LogP contribution in [0.2, 0.25) is 5.04 Å². The zero-order valence-corrected chi connectivity index (χ0v) is 17.4. The number of ether oxygens (including phenoxy) is 1. The molecule has 0 amide bonds. The first-order chi connectivity index (χ1) is 11.9. The Bertz CT molecular complexity index is 823. The Morgan fingerprint density at radius 1 is 0.720 bits per heavy atom. The van der Waals surface area contributed by atoms with Gasteiger partial charge in [-0.25, -0.2) is 0 Å². The molecule has 0 spiro atoms. The van der Waals surface area contributed by atoms with E-state index in [1.165, 1.54) is 10.4 Å². The van der Waals surface area contributed by atoms with Crippen LogP contribution >= 0.6 is 15.9 Å². The monoisotopic (exact) mass is 409 g/mol. The van der Waals surface area contributed by atoms with Gasteiger partial charge in [0.2, 0.25) is 0 Å². The topological polar surface area (TPSA) is 9.23 Å². The largest absolute Gasteiger partial charge is 0.457 e. The normalized spacial score (nSPS) is 11.6. The average molecular weight is 410 g/mol. The van der Waals surface area contributed by atoms with E-state index in [9.17, 15) is 0 Å². The van der Waals surface area contributed by atoms with E-state index in [0.29, 0.717) is 0 Å². The molecule has 25 heavy (non-hydrogen) atoms. The maximum absolute atomic E-state index is 6.07. The summed E-state index contributed by atoms with van der Waals surface area (Å²) in [5.41, 5.74) is 0. The van der Waals surface area contributed by atoms with Gasteiger partial charge in [0.25, 0.3) is 0 Å². The van der Waals surface area contributed by atoms with Crippen molar-refractivity contribution in [1.82, 2.24) is 0 Å². The minimum Gasteiger partial charge on any atom is -0.457 e. The Labute approximate surface area is 160 Å². The highest BCUT2D eigenvalue weighted by atomic mass is 79.9. The first-order valence-electron chi connectivity index (χ1n) is 8.40. The third-order valence-corrected chi connectivity index (χ3v) is 7.81. The van der Waals surface area contributed by atoms with Crippen molar-refractivity contribution in [3.05, 3.63) is 83.3 Å². The van der Waals surface area contributed by atoms with Gasteiger partial charge in [0.15, 0.2) is 0 Å². The first kappa shape index (κ1) is 18.0. The third-order valence-electron chi connectivity index (χ3n) is 3.98. The van der Waals surface area contributed by atoms with Gasteiger partial charge in [0.05, 0.1) is 0 Å². The van der Waals surface area contributed by atoms with E-state index in [1.807, 2.05) is 30.3 Å². The van der Waals surface area contributed by atoms with Crippen molar-refractivity contribution in [3.63, 3.8) is 0 Å². The number of benzene rings is 3. The molecule has 3 rings (SSSR count). The molecule has 1 nitrogen and oxygen atoms in total. The lowest BCUT2D eigenvalue weighted by molar-refractivity contribution is 0.483. The summed E-state index contributed by atoms with van der Waals surface area (Å²) in [6.45, 7) is 6.99. The molecule has 3 heteroatoms. The Morgan fingerprint density at radius 3 is 2.00 bits per heavy atom. The second-order valence-corrected chi connectivity index (χ2v) is 11.4. The van der Waals surface area contributed by atoms with Gasteiger partial charge < -0.3 is 4.74 Å². The highest BCUT2D eigenvalue weighted by molar-refractivity contribution is 9.10. The van der Waals surface area contributed by atoms with E-state index in [4.69, 9.17) is 4.74 Å². The SMILES string of the molecule is CC(C)(C)[Si](c1ccccc1)c1cccc(Oc2ccc(Br)cc2)c1. The van der Waals surface area contributed by atoms with Crippen LogP contribution in [0.15, 0.2) is 83.3 Å². The van der Waals surface area contributed by atoms with Crippen molar-refractivity contribution in [2.24, 2.45) is 0 Å². The maximum Gasteiger partial charge on any atom is 0.127 e. The third kappa shape index (κ3) is 4.62. The molecular weight excluding hydrogens is 388 g/mol. The lowest BCUT2D eigenvalue weighted by atomic mass is 10.2. The van der Waals surface area contributed by atoms with Crippen LogP contribution in [-0.4, -0.2) is 8.80 Å². The molecule has 0 aliphatic rings. The van der Waals surface area contributed by atoms with Gasteiger partial charge in [-0.2, -0.15) is 0 Å². The van der Waals surface area contributed by atoms with E-state index in [-0.39, 0.29) is 5.04 Å². The molecule has 3 aromatic rings. The smallest absolute Gasteiger partial charge is 0.127 e. The summed E-state index contributed by atoms with van der Waals surface area (Å²) in [5, 5.41) is 3.02. The van der Waals surface area contributed by atoms with Gasteiger partial charge in [-0.05, 0) is 41.4 Å². The van der Waals surface area contributed by atoms with Gasteiger partial charge in [0, 0.05) is 4.47 Å². The summed E-state index contributed by atoms with van der Waals surface area (Å²) in [6, 6.07) is 27.4. The molecule has 3 aromatic carbocycles. The highest BCUT2D eigenvalue weighted by Crippen LogP contribution is 2.28. The predicted molar refractivity (Wildman–Crippen MR) is 112 cm³/mol. The molecule has 0 aliphatic heterocycles. The van der Waals surface area contributed by atoms with Crippen molar-refractivity contribution in [2.45, 2.75) is 25.8 Å². The van der Waals surface area contributed by atoms with E-state index in [2.05, 4.69) is 85.2 Å². The molecule has 0 fully saturated rings. The van der Waals surface area contributed by atoms with Crippen LogP contribution in [-0.2, 0) is 0 Å². The summed E-state index contributed by atoms with van der Waals surface area (Å²) in [6.07, 6.45) is 0. The van der Waals surface area contributed by atoms with E-state index in [1.54, 1.807) is 0 Å². The van der Waals surface area contributed by atoms with Crippen LogP contribution in [0.5, 0.6) is 11.5 Å². The fourth-order valence-electron chi connectivity index (χ4n) is 2.99. The van der Waals surface area contributed by atoms with Gasteiger partial charge in [0.1, 0.15) is 20.3 Å². The Hall–Kier alpha value is -1.84. The standard InChI is InChI=1S/C22H22BrOSi/c1-22(2,3)25(20-9-5-4-6-10-20)21-11-7-8-19(16-21)24-18-14-12-17(23)13-15-18/h4-16H,1-3H3. The van der Waals surface area contributed by atoms with Gasteiger partial charge in [-0.3, -0.25) is 0 Å². The number of halogens is 1. The van der Waals surface area contributed by atoms with Crippen molar-refractivity contribution in [3.8, 4) is 11.5 Å². The van der Waals surface area contributed by atoms with Crippen LogP contribution in [0.1, 0.15) is 20.8 Å². The van der Waals surface area contributed by atoms with Gasteiger partial charge in [-0.1, -0.05) is 89.5 Å². The van der Waals surface area contributed by atoms with Crippen molar-refractivity contribution >= 4 is 35.1 Å². The van der Waals surface area contributed by atoms with Crippen LogP contribution in [0.3, 0.4) is 0 Å². The minimum absolute atomic E-state index is 0.211. The van der Waals surface area contributed by atoms with E-state index < -0.39 is 8.80 Å². The predicted octanol–water partition coefficient (Wildman–Crippen LogP) is 5.65. The lowest BCUT2D eigenvalue weighted by Gasteiger charge is -2.30.